The number of Topliss-reactive ketones (excluding diaryl/α,β-unsaturated/α-hetero) is 1. The summed E-state index contributed by atoms with van der Waals surface area (Å²) >= 11 is 3.26. The van der Waals surface area contributed by atoms with E-state index in [1.54, 1.807) is 36.4 Å². The van der Waals surface area contributed by atoms with Gasteiger partial charge in [-0.3, -0.25) is 9.52 Å². The molecule has 0 atom stereocenters. The van der Waals surface area contributed by atoms with Crippen LogP contribution in [-0.2, 0) is 10.0 Å². The topological polar surface area (TPSA) is 63.2 Å². The van der Waals surface area contributed by atoms with E-state index in [0.29, 0.717) is 10.0 Å². The molecule has 0 radical (unpaired) electrons. The molecule has 21 heavy (non-hydrogen) atoms. The van der Waals surface area contributed by atoms with Gasteiger partial charge in [0.2, 0.25) is 0 Å². The van der Waals surface area contributed by atoms with Crippen LogP contribution in [0.25, 0.3) is 0 Å². The molecule has 0 spiro atoms. The Kier molecular flexibility index (Phi) is 4.49. The molecule has 0 aliphatic heterocycles. The van der Waals surface area contributed by atoms with Gasteiger partial charge in [-0.05, 0) is 59.6 Å². The van der Waals surface area contributed by atoms with Crippen LogP contribution in [0.2, 0.25) is 0 Å². The van der Waals surface area contributed by atoms with Crippen molar-refractivity contribution in [2.75, 3.05) is 4.72 Å². The number of rotatable bonds is 4. The van der Waals surface area contributed by atoms with Crippen molar-refractivity contribution in [3.05, 3.63) is 58.1 Å². The second kappa shape index (κ2) is 5.99. The maximum atomic E-state index is 12.5. The molecule has 0 aliphatic rings. The largest absolute Gasteiger partial charge is 0.294 e. The number of benzene rings is 2. The van der Waals surface area contributed by atoms with Crippen LogP contribution >= 0.6 is 15.9 Å². The summed E-state index contributed by atoms with van der Waals surface area (Å²) in [6.45, 7) is 3.27. The predicted octanol–water partition coefficient (Wildman–Crippen LogP) is 3.76. The summed E-state index contributed by atoms with van der Waals surface area (Å²) in [6, 6.07) is 11.5. The van der Waals surface area contributed by atoms with Gasteiger partial charge in [-0.2, -0.15) is 0 Å². The van der Waals surface area contributed by atoms with Crippen molar-refractivity contribution in [2.24, 2.45) is 0 Å². The Balaban J connectivity index is 2.45. The first-order valence-electron chi connectivity index (χ1n) is 6.20. The molecule has 0 aliphatic carbocycles. The molecular formula is C15H14BrNO3S. The number of carbonyl (C=O) groups is 1. The molecule has 1 N–H and O–H groups in total. The maximum absolute atomic E-state index is 12.5. The molecule has 0 fully saturated rings. The molecule has 2 rings (SSSR count). The van der Waals surface area contributed by atoms with Gasteiger partial charge >= 0.3 is 0 Å². The van der Waals surface area contributed by atoms with Crippen molar-refractivity contribution >= 4 is 37.4 Å². The Hall–Kier alpha value is -1.66. The van der Waals surface area contributed by atoms with Gasteiger partial charge in [0.05, 0.1) is 5.69 Å². The summed E-state index contributed by atoms with van der Waals surface area (Å²) in [7, 11) is -3.77. The van der Waals surface area contributed by atoms with Gasteiger partial charge in [-0.25, -0.2) is 8.42 Å². The Morgan fingerprint density at radius 1 is 1.14 bits per heavy atom. The molecule has 110 valence electrons. The number of para-hydroxylation sites is 1. The third-order valence-electron chi connectivity index (χ3n) is 2.93. The van der Waals surface area contributed by atoms with E-state index in [4.69, 9.17) is 0 Å². The van der Waals surface area contributed by atoms with Crippen molar-refractivity contribution in [3.63, 3.8) is 0 Å². The summed E-state index contributed by atoms with van der Waals surface area (Å²) in [6.07, 6.45) is 0. The molecular weight excluding hydrogens is 354 g/mol. The molecule has 0 saturated carbocycles. The molecule has 0 amide bonds. The van der Waals surface area contributed by atoms with Gasteiger partial charge in [-0.15, -0.1) is 0 Å². The second-order valence-electron chi connectivity index (χ2n) is 4.64. The van der Waals surface area contributed by atoms with E-state index in [0.717, 1.165) is 5.56 Å². The number of nitrogens with one attached hydrogen (secondary N) is 1. The summed E-state index contributed by atoms with van der Waals surface area (Å²) in [5.41, 5.74) is 1.56. The van der Waals surface area contributed by atoms with E-state index in [2.05, 4.69) is 20.7 Å². The van der Waals surface area contributed by atoms with Crippen molar-refractivity contribution < 1.29 is 13.2 Å². The fraction of sp³-hybridized carbons (Fsp3) is 0.133. The smallest absolute Gasteiger partial charge is 0.263 e. The van der Waals surface area contributed by atoms with Crippen LogP contribution in [0.15, 0.2) is 51.8 Å². The predicted molar refractivity (Wildman–Crippen MR) is 86.1 cm³/mol. The first kappa shape index (κ1) is 15.7. The Morgan fingerprint density at radius 3 is 2.43 bits per heavy atom. The number of anilines is 1. The van der Waals surface area contributed by atoms with Crippen LogP contribution in [0.1, 0.15) is 22.8 Å². The third kappa shape index (κ3) is 3.51. The molecule has 0 unspecified atom stereocenters. The number of hydrogen-bond acceptors (Lipinski definition) is 3. The van der Waals surface area contributed by atoms with Crippen LogP contribution in [0, 0.1) is 6.92 Å². The summed E-state index contributed by atoms with van der Waals surface area (Å²) in [5, 5.41) is 0. The van der Waals surface area contributed by atoms with Crippen LogP contribution in [0.5, 0.6) is 0 Å². The Labute approximate surface area is 132 Å². The highest BCUT2D eigenvalue weighted by Gasteiger charge is 2.19. The first-order chi connectivity index (χ1) is 9.81. The fourth-order valence-corrected chi connectivity index (χ4v) is 4.18. The van der Waals surface area contributed by atoms with Crippen molar-refractivity contribution in [1.82, 2.24) is 0 Å². The highest BCUT2D eigenvalue weighted by atomic mass is 79.9. The third-order valence-corrected chi connectivity index (χ3v) is 5.27. The zero-order chi connectivity index (χ0) is 15.6. The summed E-state index contributed by atoms with van der Waals surface area (Å²) in [5.74, 6) is -0.198. The summed E-state index contributed by atoms with van der Waals surface area (Å²) < 4.78 is 27.9. The SMILES string of the molecule is CC(=O)c1ccccc1NS(=O)(=O)c1ccc(C)cc1Br. The van der Waals surface area contributed by atoms with Crippen molar-refractivity contribution in [2.45, 2.75) is 18.7 Å². The molecule has 2 aromatic rings. The standard InChI is InChI=1S/C15H14BrNO3S/c1-10-7-8-15(13(16)9-10)21(19,20)17-14-6-4-3-5-12(14)11(2)18/h3-9,17H,1-2H3. The van der Waals surface area contributed by atoms with E-state index >= 15 is 0 Å². The van der Waals surface area contributed by atoms with Crippen LogP contribution in [0.3, 0.4) is 0 Å². The Morgan fingerprint density at radius 2 is 1.81 bits per heavy atom. The Bertz CT molecular complexity index is 800. The van der Waals surface area contributed by atoms with Gasteiger partial charge in [0, 0.05) is 10.0 Å². The van der Waals surface area contributed by atoms with E-state index in [9.17, 15) is 13.2 Å². The molecule has 0 heterocycles. The lowest BCUT2D eigenvalue weighted by Crippen LogP contribution is -2.15. The highest BCUT2D eigenvalue weighted by molar-refractivity contribution is 9.10. The first-order valence-corrected chi connectivity index (χ1v) is 8.48. The fourth-order valence-electron chi connectivity index (χ4n) is 1.90. The van der Waals surface area contributed by atoms with E-state index in [1.165, 1.54) is 13.0 Å². The average Bonchev–Trinajstić information content (AvgIpc) is 2.37. The van der Waals surface area contributed by atoms with E-state index in [1.807, 2.05) is 6.92 Å². The molecule has 4 nitrogen and oxygen atoms in total. The number of aryl methyl sites for hydroxylation is 1. The van der Waals surface area contributed by atoms with Gasteiger partial charge in [0.15, 0.2) is 5.78 Å². The average molecular weight is 368 g/mol. The van der Waals surface area contributed by atoms with Crippen LogP contribution in [0.4, 0.5) is 5.69 Å². The minimum Gasteiger partial charge on any atom is -0.294 e. The quantitative estimate of drug-likeness (QED) is 0.836. The lowest BCUT2D eigenvalue weighted by Gasteiger charge is -2.12. The zero-order valence-corrected chi connectivity index (χ0v) is 14.0. The molecule has 2 aromatic carbocycles. The normalized spacial score (nSPS) is 11.2. The zero-order valence-electron chi connectivity index (χ0n) is 11.6. The summed E-state index contributed by atoms with van der Waals surface area (Å²) in [4.78, 5) is 11.7. The minimum atomic E-state index is -3.77. The van der Waals surface area contributed by atoms with Crippen LogP contribution in [-0.4, -0.2) is 14.2 Å². The number of carbonyl (C=O) groups excluding carboxylic acids is 1. The second-order valence-corrected chi connectivity index (χ2v) is 7.15. The van der Waals surface area contributed by atoms with E-state index in [-0.39, 0.29) is 16.4 Å². The molecule has 0 aromatic heterocycles. The monoisotopic (exact) mass is 367 g/mol. The number of hydrogen-bond donors (Lipinski definition) is 1. The van der Waals surface area contributed by atoms with Gasteiger partial charge in [-0.1, -0.05) is 18.2 Å². The number of sulfonamides is 1. The van der Waals surface area contributed by atoms with Gasteiger partial charge in [0.1, 0.15) is 4.90 Å². The molecule has 0 saturated heterocycles. The highest BCUT2D eigenvalue weighted by Crippen LogP contribution is 2.26. The number of ketones is 1. The molecule has 0 bridgehead atoms. The van der Waals surface area contributed by atoms with Gasteiger partial charge < -0.3 is 0 Å². The van der Waals surface area contributed by atoms with Gasteiger partial charge in [0.25, 0.3) is 10.0 Å². The van der Waals surface area contributed by atoms with Crippen molar-refractivity contribution in [3.8, 4) is 0 Å². The van der Waals surface area contributed by atoms with E-state index < -0.39 is 10.0 Å². The lowest BCUT2D eigenvalue weighted by atomic mass is 10.1. The number of halogens is 1. The molecule has 6 heteroatoms. The van der Waals surface area contributed by atoms with Crippen LogP contribution < -0.4 is 4.72 Å². The lowest BCUT2D eigenvalue weighted by molar-refractivity contribution is 0.101. The maximum Gasteiger partial charge on any atom is 0.263 e. The minimum absolute atomic E-state index is 0.131. The van der Waals surface area contributed by atoms with Crippen molar-refractivity contribution in [1.29, 1.82) is 0 Å².